The van der Waals surface area contributed by atoms with Gasteiger partial charge in [0.05, 0.1) is 6.20 Å². The maximum Gasteiger partial charge on any atom is 0.291 e. The van der Waals surface area contributed by atoms with Gasteiger partial charge in [-0.25, -0.2) is 4.68 Å². The van der Waals surface area contributed by atoms with Crippen LogP contribution in [0.2, 0.25) is 0 Å². The van der Waals surface area contributed by atoms with Crippen LogP contribution in [0.15, 0.2) is 35.3 Å². The summed E-state index contributed by atoms with van der Waals surface area (Å²) in [4.78, 5) is 28.1. The fraction of sp³-hybridized carbons (Fsp3) is 0.542. The highest BCUT2D eigenvalue weighted by atomic mass is 16.2. The van der Waals surface area contributed by atoms with Crippen molar-refractivity contribution in [3.8, 4) is 0 Å². The van der Waals surface area contributed by atoms with Crippen molar-refractivity contribution < 1.29 is 4.79 Å². The summed E-state index contributed by atoms with van der Waals surface area (Å²) < 4.78 is 3.34. The second-order valence-electron chi connectivity index (χ2n) is 9.09. The molecule has 2 aromatic heterocycles. The number of hydrogen-bond donors (Lipinski definition) is 1. The molecule has 0 radical (unpaired) electrons. The van der Waals surface area contributed by atoms with E-state index in [0.717, 1.165) is 48.9 Å². The average molecular weight is 424 g/mol. The molecule has 4 rings (SSSR count). The summed E-state index contributed by atoms with van der Waals surface area (Å²) in [6.07, 6.45) is 3.91. The second kappa shape index (κ2) is 9.22. The number of benzene rings is 1. The van der Waals surface area contributed by atoms with Gasteiger partial charge in [0.1, 0.15) is 12.1 Å². The third kappa shape index (κ3) is 4.51. The third-order valence-corrected chi connectivity index (χ3v) is 6.21. The van der Waals surface area contributed by atoms with Crippen LogP contribution >= 0.6 is 0 Å². The second-order valence-corrected chi connectivity index (χ2v) is 9.09. The zero-order chi connectivity index (χ0) is 22.0. The summed E-state index contributed by atoms with van der Waals surface area (Å²) in [6.45, 7) is 11.0. The molecule has 1 N–H and O–H groups in total. The quantitative estimate of drug-likeness (QED) is 0.634. The van der Waals surface area contributed by atoms with Crippen molar-refractivity contribution in [3.05, 3.63) is 40.8 Å². The van der Waals surface area contributed by atoms with Crippen molar-refractivity contribution in [1.82, 2.24) is 24.6 Å². The molecule has 1 fully saturated rings. The Balaban J connectivity index is 1.48. The summed E-state index contributed by atoms with van der Waals surface area (Å²) in [6, 6.07) is 8.01. The van der Waals surface area contributed by atoms with E-state index < -0.39 is 0 Å². The Morgan fingerprint density at radius 1 is 1.13 bits per heavy atom. The molecule has 0 spiro atoms. The standard InChI is InChI=1S/C24H33N5O2/c1-4-10-28-21-8-6-5-7-19(21)20-13-26-29(24(31)23(20)28)16-22(30)25-9-11-27-14-17(2)12-18(3)15-27/h5-8,13,17-18H,4,9-12,14-16H2,1-3H3,(H,25,30)/t17-,18-/m0/s1. The lowest BCUT2D eigenvalue weighted by atomic mass is 9.92. The smallest absolute Gasteiger partial charge is 0.291 e. The number of nitrogens with zero attached hydrogens (tertiary/aromatic N) is 4. The molecule has 2 atom stereocenters. The zero-order valence-electron chi connectivity index (χ0n) is 18.8. The first-order chi connectivity index (χ1) is 15.0. The predicted molar refractivity (Wildman–Crippen MR) is 124 cm³/mol. The summed E-state index contributed by atoms with van der Waals surface area (Å²) in [5.41, 5.74) is 1.45. The highest BCUT2D eigenvalue weighted by molar-refractivity contribution is 6.07. The first-order valence-corrected chi connectivity index (χ1v) is 11.4. The van der Waals surface area contributed by atoms with Crippen molar-refractivity contribution in [2.45, 2.75) is 46.7 Å². The van der Waals surface area contributed by atoms with Crippen LogP contribution in [0.1, 0.15) is 33.6 Å². The SMILES string of the molecule is CCCn1c2ccccc2c2cnn(CC(=O)NCCN3C[C@@H](C)C[C@H](C)C3)c(=O)c21. The topological polar surface area (TPSA) is 72.2 Å². The molecule has 1 aromatic carbocycles. The number of likely N-dealkylation sites (tertiary alicyclic amines) is 1. The Hall–Kier alpha value is -2.67. The molecule has 1 saturated heterocycles. The van der Waals surface area contributed by atoms with Gasteiger partial charge in [0.25, 0.3) is 5.56 Å². The van der Waals surface area contributed by atoms with Gasteiger partial charge < -0.3 is 14.8 Å². The van der Waals surface area contributed by atoms with E-state index in [1.165, 1.54) is 11.1 Å². The number of para-hydroxylation sites is 1. The van der Waals surface area contributed by atoms with Crippen LogP contribution in [0.5, 0.6) is 0 Å². The highest BCUT2D eigenvalue weighted by Gasteiger charge is 2.21. The highest BCUT2D eigenvalue weighted by Crippen LogP contribution is 2.26. The third-order valence-electron chi connectivity index (χ3n) is 6.21. The van der Waals surface area contributed by atoms with Crippen molar-refractivity contribution >= 4 is 27.7 Å². The van der Waals surface area contributed by atoms with Crippen molar-refractivity contribution in [3.63, 3.8) is 0 Å². The van der Waals surface area contributed by atoms with Crippen LogP contribution in [0.3, 0.4) is 0 Å². The Bertz CT molecular complexity index is 1120. The molecule has 0 unspecified atom stereocenters. The van der Waals surface area contributed by atoms with Crippen LogP contribution in [0, 0.1) is 11.8 Å². The van der Waals surface area contributed by atoms with E-state index in [0.29, 0.717) is 23.9 Å². The molecule has 1 aliphatic rings. The molecule has 0 saturated carbocycles. The molecular weight excluding hydrogens is 390 g/mol. The van der Waals surface area contributed by atoms with Gasteiger partial charge in [0.2, 0.25) is 5.91 Å². The van der Waals surface area contributed by atoms with Crippen LogP contribution in [-0.2, 0) is 17.9 Å². The van der Waals surface area contributed by atoms with Crippen LogP contribution in [0.25, 0.3) is 21.8 Å². The maximum atomic E-state index is 13.2. The van der Waals surface area contributed by atoms with Gasteiger partial charge in [-0.05, 0) is 30.7 Å². The molecule has 3 aromatic rings. The Kier molecular flexibility index (Phi) is 6.41. The number of aromatic nitrogens is 3. The largest absolute Gasteiger partial charge is 0.353 e. The number of hydrogen-bond acceptors (Lipinski definition) is 4. The molecule has 166 valence electrons. The van der Waals surface area contributed by atoms with Gasteiger partial charge in [-0.15, -0.1) is 0 Å². The Morgan fingerprint density at radius 2 is 1.87 bits per heavy atom. The predicted octanol–water partition coefficient (Wildman–Crippen LogP) is 2.86. The van der Waals surface area contributed by atoms with Gasteiger partial charge in [-0.3, -0.25) is 9.59 Å². The number of carbonyl (C=O) groups is 1. The zero-order valence-corrected chi connectivity index (χ0v) is 18.8. The number of fused-ring (bicyclic) bond motifs is 3. The molecule has 0 bridgehead atoms. The number of rotatable bonds is 7. The lowest BCUT2D eigenvalue weighted by Crippen LogP contribution is -2.43. The van der Waals surface area contributed by atoms with E-state index in [4.69, 9.17) is 0 Å². The van der Waals surface area contributed by atoms with Gasteiger partial charge in [0.15, 0.2) is 0 Å². The van der Waals surface area contributed by atoms with E-state index >= 15 is 0 Å². The maximum absolute atomic E-state index is 13.2. The van der Waals surface area contributed by atoms with Gasteiger partial charge in [0, 0.05) is 49.0 Å². The van der Waals surface area contributed by atoms with Gasteiger partial charge in [-0.2, -0.15) is 5.10 Å². The number of nitrogens with one attached hydrogen (secondary N) is 1. The summed E-state index contributed by atoms with van der Waals surface area (Å²) in [7, 11) is 0. The number of piperidine rings is 1. The number of carbonyl (C=O) groups excluding carboxylic acids is 1. The van der Waals surface area contributed by atoms with Crippen LogP contribution in [0.4, 0.5) is 0 Å². The Morgan fingerprint density at radius 3 is 2.61 bits per heavy atom. The number of amides is 1. The lowest BCUT2D eigenvalue weighted by Gasteiger charge is -2.34. The van der Waals surface area contributed by atoms with E-state index in [-0.39, 0.29) is 18.0 Å². The van der Waals surface area contributed by atoms with E-state index in [1.54, 1.807) is 6.20 Å². The molecule has 31 heavy (non-hydrogen) atoms. The van der Waals surface area contributed by atoms with Gasteiger partial charge in [-0.1, -0.05) is 39.0 Å². The minimum absolute atomic E-state index is 0.0603. The first-order valence-electron chi connectivity index (χ1n) is 11.4. The first kappa shape index (κ1) is 21.6. The fourth-order valence-electron chi connectivity index (χ4n) is 5.08. The molecule has 7 nitrogen and oxygen atoms in total. The van der Waals surface area contributed by atoms with Crippen LogP contribution in [-0.4, -0.2) is 51.3 Å². The summed E-state index contributed by atoms with van der Waals surface area (Å²) >= 11 is 0. The monoisotopic (exact) mass is 423 g/mol. The fourth-order valence-corrected chi connectivity index (χ4v) is 5.08. The van der Waals surface area contributed by atoms with Gasteiger partial charge >= 0.3 is 0 Å². The molecule has 1 amide bonds. The van der Waals surface area contributed by atoms with Crippen molar-refractivity contribution in [2.75, 3.05) is 26.2 Å². The lowest BCUT2D eigenvalue weighted by molar-refractivity contribution is -0.122. The van der Waals surface area contributed by atoms with E-state index in [2.05, 4.69) is 40.7 Å². The molecular formula is C24H33N5O2. The van der Waals surface area contributed by atoms with Crippen molar-refractivity contribution in [1.29, 1.82) is 0 Å². The van der Waals surface area contributed by atoms with Crippen molar-refractivity contribution in [2.24, 2.45) is 11.8 Å². The van der Waals surface area contributed by atoms with E-state index in [1.807, 2.05) is 24.3 Å². The van der Waals surface area contributed by atoms with E-state index in [9.17, 15) is 9.59 Å². The molecule has 3 heterocycles. The molecule has 1 aliphatic heterocycles. The molecule has 7 heteroatoms. The van der Waals surface area contributed by atoms with Crippen LogP contribution < -0.4 is 10.9 Å². The molecule has 0 aliphatic carbocycles. The average Bonchev–Trinajstić information content (AvgIpc) is 3.04. The Labute approximate surface area is 183 Å². The minimum atomic E-state index is -0.212. The normalized spacial score (nSPS) is 19.8. The minimum Gasteiger partial charge on any atom is -0.353 e. The summed E-state index contributed by atoms with van der Waals surface area (Å²) in [5.74, 6) is 1.22. The summed E-state index contributed by atoms with van der Waals surface area (Å²) in [5, 5.41) is 9.14. The number of aryl methyl sites for hydroxylation is 1.